The average molecular weight is 302 g/mol. The van der Waals surface area contributed by atoms with Crippen LogP contribution in [0.4, 0.5) is 0 Å². The molecular weight excluding hydrogens is 280 g/mol. The first-order valence-electron chi connectivity index (χ1n) is 7.04. The third-order valence-corrected chi connectivity index (χ3v) is 2.73. The van der Waals surface area contributed by atoms with Gasteiger partial charge in [-0.15, -0.1) is 6.42 Å². The van der Waals surface area contributed by atoms with Crippen molar-refractivity contribution in [2.75, 3.05) is 26.7 Å². The molecule has 0 aliphatic heterocycles. The van der Waals surface area contributed by atoms with Gasteiger partial charge in [0.1, 0.15) is 12.3 Å². The number of ether oxygens (including phenoxy) is 1. The van der Waals surface area contributed by atoms with Gasteiger partial charge in [0, 0.05) is 13.1 Å². The number of hydrogen-bond acceptors (Lipinski definition) is 3. The predicted molar refractivity (Wildman–Crippen MR) is 87.7 cm³/mol. The summed E-state index contributed by atoms with van der Waals surface area (Å²) in [6.45, 7) is 3.49. The Balaban J connectivity index is 2.42. The highest BCUT2D eigenvalue weighted by molar-refractivity contribution is 5.84. The maximum atomic E-state index is 11.8. The number of guanidine groups is 1. The fraction of sp³-hybridized carbons (Fsp3) is 0.375. The van der Waals surface area contributed by atoms with E-state index in [2.05, 4.69) is 26.9 Å². The fourth-order valence-electron chi connectivity index (χ4n) is 1.63. The minimum atomic E-state index is -0.159. The predicted octanol–water partition coefficient (Wildman–Crippen LogP) is 0.500. The molecule has 0 heterocycles. The van der Waals surface area contributed by atoms with Crippen LogP contribution in [0, 0.1) is 12.3 Å². The molecule has 1 rings (SSSR count). The van der Waals surface area contributed by atoms with Crippen molar-refractivity contribution in [3.63, 3.8) is 0 Å². The molecule has 0 aliphatic rings. The molecule has 6 heteroatoms. The zero-order chi connectivity index (χ0) is 16.2. The van der Waals surface area contributed by atoms with Gasteiger partial charge in [-0.1, -0.05) is 18.1 Å². The summed E-state index contributed by atoms with van der Waals surface area (Å²) >= 11 is 0. The van der Waals surface area contributed by atoms with Crippen molar-refractivity contribution in [2.45, 2.75) is 13.5 Å². The van der Waals surface area contributed by atoms with E-state index < -0.39 is 0 Å². The first-order valence-corrected chi connectivity index (χ1v) is 7.04. The topological polar surface area (TPSA) is 74.8 Å². The minimum absolute atomic E-state index is 0.0378. The molecular formula is C16H22N4O2. The Morgan fingerprint density at radius 3 is 2.59 bits per heavy atom. The second-order valence-electron chi connectivity index (χ2n) is 4.38. The third kappa shape index (κ3) is 6.66. The van der Waals surface area contributed by atoms with Crippen molar-refractivity contribution in [3.8, 4) is 18.1 Å². The molecule has 22 heavy (non-hydrogen) atoms. The van der Waals surface area contributed by atoms with Gasteiger partial charge in [0.05, 0.1) is 13.7 Å². The molecule has 0 bridgehead atoms. The summed E-state index contributed by atoms with van der Waals surface area (Å²) in [5, 5.41) is 8.74. The van der Waals surface area contributed by atoms with Gasteiger partial charge in [0.15, 0.2) is 5.96 Å². The van der Waals surface area contributed by atoms with Crippen LogP contribution in [0.3, 0.4) is 0 Å². The van der Waals surface area contributed by atoms with Gasteiger partial charge >= 0.3 is 0 Å². The Morgan fingerprint density at radius 1 is 1.27 bits per heavy atom. The minimum Gasteiger partial charge on any atom is -0.497 e. The summed E-state index contributed by atoms with van der Waals surface area (Å²) < 4.78 is 5.08. The molecule has 1 amide bonds. The largest absolute Gasteiger partial charge is 0.497 e. The lowest BCUT2D eigenvalue weighted by molar-refractivity contribution is -0.119. The standard InChI is InChI=1S/C16H22N4O2/c1-4-10-18-16(17-5-2)20-12-15(21)19-11-13-6-8-14(22-3)9-7-13/h1,6-9H,5,10-12H2,2-3H3,(H,19,21)(H2,17,18,20). The Morgan fingerprint density at radius 2 is 2.00 bits per heavy atom. The molecule has 0 spiro atoms. The van der Waals surface area contributed by atoms with Crippen molar-refractivity contribution < 1.29 is 9.53 Å². The Kier molecular flexibility index (Phi) is 7.98. The number of hydrogen-bond donors (Lipinski definition) is 3. The van der Waals surface area contributed by atoms with E-state index in [1.807, 2.05) is 31.2 Å². The van der Waals surface area contributed by atoms with E-state index in [0.717, 1.165) is 11.3 Å². The van der Waals surface area contributed by atoms with Crippen molar-refractivity contribution >= 4 is 11.9 Å². The van der Waals surface area contributed by atoms with Gasteiger partial charge in [0.2, 0.25) is 5.91 Å². The quantitative estimate of drug-likeness (QED) is 0.389. The van der Waals surface area contributed by atoms with Crippen molar-refractivity contribution in [2.24, 2.45) is 4.99 Å². The molecule has 0 unspecified atom stereocenters. The second-order valence-corrected chi connectivity index (χ2v) is 4.38. The summed E-state index contributed by atoms with van der Waals surface area (Å²) in [5.74, 6) is 3.61. The van der Waals surface area contributed by atoms with Crippen LogP contribution in [0.1, 0.15) is 12.5 Å². The van der Waals surface area contributed by atoms with Crippen molar-refractivity contribution in [3.05, 3.63) is 29.8 Å². The van der Waals surface area contributed by atoms with Crippen LogP contribution in [0.2, 0.25) is 0 Å². The molecule has 1 aromatic carbocycles. The van der Waals surface area contributed by atoms with E-state index in [9.17, 15) is 4.79 Å². The number of nitrogens with one attached hydrogen (secondary N) is 3. The van der Waals surface area contributed by atoms with Crippen LogP contribution in [0.25, 0.3) is 0 Å². The van der Waals surface area contributed by atoms with Crippen LogP contribution in [-0.4, -0.2) is 38.6 Å². The Bertz CT molecular complexity index is 532. The molecule has 0 saturated carbocycles. The highest BCUT2D eigenvalue weighted by Crippen LogP contribution is 2.10. The number of carbonyl (C=O) groups excluding carboxylic acids is 1. The molecule has 1 aromatic rings. The number of carbonyl (C=O) groups is 1. The van der Waals surface area contributed by atoms with Gasteiger partial charge in [-0.25, -0.2) is 4.99 Å². The van der Waals surface area contributed by atoms with E-state index in [-0.39, 0.29) is 12.5 Å². The number of rotatable bonds is 7. The van der Waals surface area contributed by atoms with E-state index >= 15 is 0 Å². The first kappa shape index (κ1) is 17.4. The molecule has 0 aromatic heterocycles. The zero-order valence-electron chi connectivity index (χ0n) is 13.0. The SMILES string of the molecule is C#CCNC(=NCC(=O)NCc1ccc(OC)cc1)NCC. The molecule has 118 valence electrons. The van der Waals surface area contributed by atoms with Crippen molar-refractivity contribution in [1.29, 1.82) is 0 Å². The Hall–Kier alpha value is -2.68. The van der Waals surface area contributed by atoms with Crippen LogP contribution >= 0.6 is 0 Å². The lowest BCUT2D eigenvalue weighted by atomic mass is 10.2. The second kappa shape index (κ2) is 10.1. The molecule has 3 N–H and O–H groups in total. The third-order valence-electron chi connectivity index (χ3n) is 2.73. The van der Waals surface area contributed by atoms with Gasteiger partial charge < -0.3 is 20.7 Å². The molecule has 0 atom stereocenters. The summed E-state index contributed by atoms with van der Waals surface area (Å²) in [4.78, 5) is 15.9. The van der Waals surface area contributed by atoms with Crippen LogP contribution in [-0.2, 0) is 11.3 Å². The Labute approximate surface area is 131 Å². The normalized spacial score (nSPS) is 10.5. The fourth-order valence-corrected chi connectivity index (χ4v) is 1.63. The zero-order valence-corrected chi connectivity index (χ0v) is 13.0. The summed E-state index contributed by atoms with van der Waals surface area (Å²) in [7, 11) is 1.62. The van der Waals surface area contributed by atoms with E-state index in [1.165, 1.54) is 0 Å². The highest BCUT2D eigenvalue weighted by Gasteiger charge is 2.02. The number of methoxy groups -OCH3 is 1. The highest BCUT2D eigenvalue weighted by atomic mass is 16.5. The number of nitrogens with zero attached hydrogens (tertiary/aromatic N) is 1. The molecule has 0 saturated heterocycles. The lowest BCUT2D eigenvalue weighted by Crippen LogP contribution is -2.38. The smallest absolute Gasteiger partial charge is 0.242 e. The maximum absolute atomic E-state index is 11.8. The summed E-state index contributed by atoms with van der Waals surface area (Å²) in [5.41, 5.74) is 0.996. The number of amides is 1. The summed E-state index contributed by atoms with van der Waals surface area (Å²) in [6.07, 6.45) is 5.18. The van der Waals surface area contributed by atoms with Crippen LogP contribution in [0.15, 0.2) is 29.3 Å². The van der Waals surface area contributed by atoms with Crippen LogP contribution in [0.5, 0.6) is 5.75 Å². The van der Waals surface area contributed by atoms with Gasteiger partial charge in [-0.2, -0.15) is 0 Å². The number of benzene rings is 1. The first-order chi connectivity index (χ1) is 10.7. The van der Waals surface area contributed by atoms with Gasteiger partial charge in [-0.3, -0.25) is 4.79 Å². The van der Waals surface area contributed by atoms with Gasteiger partial charge in [-0.05, 0) is 24.6 Å². The molecule has 0 radical (unpaired) electrons. The van der Waals surface area contributed by atoms with E-state index in [4.69, 9.17) is 11.2 Å². The van der Waals surface area contributed by atoms with Crippen LogP contribution < -0.4 is 20.7 Å². The van der Waals surface area contributed by atoms with E-state index in [1.54, 1.807) is 7.11 Å². The number of terminal acetylenes is 1. The van der Waals surface area contributed by atoms with Crippen molar-refractivity contribution in [1.82, 2.24) is 16.0 Å². The summed E-state index contributed by atoms with van der Waals surface area (Å²) in [6, 6.07) is 7.52. The average Bonchev–Trinajstić information content (AvgIpc) is 2.56. The molecule has 0 fully saturated rings. The van der Waals surface area contributed by atoms with Gasteiger partial charge in [0.25, 0.3) is 0 Å². The van der Waals surface area contributed by atoms with E-state index in [0.29, 0.717) is 25.6 Å². The molecule has 6 nitrogen and oxygen atoms in total. The number of aliphatic imine (C=N–C) groups is 1. The molecule has 0 aliphatic carbocycles. The lowest BCUT2D eigenvalue weighted by Gasteiger charge is -2.09. The maximum Gasteiger partial charge on any atom is 0.242 e. The monoisotopic (exact) mass is 302 g/mol.